The van der Waals surface area contributed by atoms with E-state index >= 15 is 0 Å². The Labute approximate surface area is 213 Å². The summed E-state index contributed by atoms with van der Waals surface area (Å²) in [6.07, 6.45) is 0.533. The molecule has 7 heteroatoms. The standard InChI is InChI=1S/C30H26N4O3/c1-16-25(20-8-3-4-9-22(20)32-16)27-28(30(36)34-29(27)35)26-21-14-19(37-2)10-11-23(21)33-24(26)13-17-6-5-7-18(12-17)15-31/h3-12,14,32-33H,13,15,31H2,1-2H3,(H,34,35,36). The summed E-state index contributed by atoms with van der Waals surface area (Å²) in [5.74, 6) is -0.147. The van der Waals surface area contributed by atoms with E-state index < -0.39 is 11.8 Å². The summed E-state index contributed by atoms with van der Waals surface area (Å²) < 4.78 is 5.51. The summed E-state index contributed by atoms with van der Waals surface area (Å²) in [7, 11) is 1.61. The second-order valence-electron chi connectivity index (χ2n) is 9.29. The lowest BCUT2D eigenvalue weighted by molar-refractivity contribution is -0.122. The summed E-state index contributed by atoms with van der Waals surface area (Å²) in [6, 6.07) is 21.6. The van der Waals surface area contributed by atoms with Crippen molar-refractivity contribution in [2.24, 2.45) is 5.73 Å². The van der Waals surface area contributed by atoms with Crippen LogP contribution in [-0.4, -0.2) is 28.9 Å². The number of nitrogens with two attached hydrogens (primary N) is 1. The molecule has 0 aliphatic carbocycles. The third-order valence-electron chi connectivity index (χ3n) is 7.02. The van der Waals surface area contributed by atoms with E-state index in [0.29, 0.717) is 35.4 Å². The molecule has 184 valence electrons. The van der Waals surface area contributed by atoms with Crippen molar-refractivity contribution in [1.29, 1.82) is 0 Å². The molecule has 0 bridgehead atoms. The molecule has 2 amide bonds. The Morgan fingerprint density at radius 2 is 1.51 bits per heavy atom. The van der Waals surface area contributed by atoms with E-state index in [-0.39, 0.29) is 0 Å². The molecule has 0 unspecified atom stereocenters. The molecule has 3 heterocycles. The molecule has 3 aromatic carbocycles. The Kier molecular flexibility index (Phi) is 5.43. The van der Waals surface area contributed by atoms with Gasteiger partial charge in [0.25, 0.3) is 11.8 Å². The average Bonchev–Trinajstić information content (AvgIpc) is 3.51. The molecular formula is C30H26N4O3. The monoisotopic (exact) mass is 490 g/mol. The van der Waals surface area contributed by atoms with Crippen LogP contribution in [0.5, 0.6) is 5.75 Å². The van der Waals surface area contributed by atoms with Crippen LogP contribution >= 0.6 is 0 Å². The molecule has 6 rings (SSSR count). The van der Waals surface area contributed by atoms with Crippen molar-refractivity contribution in [3.8, 4) is 5.75 Å². The molecule has 0 fully saturated rings. The molecule has 5 N–H and O–H groups in total. The Hall–Kier alpha value is -4.62. The number of rotatable bonds is 6. The van der Waals surface area contributed by atoms with Gasteiger partial charge in [-0.25, -0.2) is 0 Å². The summed E-state index contributed by atoms with van der Waals surface area (Å²) in [4.78, 5) is 33.7. The zero-order valence-electron chi connectivity index (χ0n) is 20.6. The second-order valence-corrected chi connectivity index (χ2v) is 9.29. The number of nitrogens with one attached hydrogen (secondary N) is 3. The molecule has 37 heavy (non-hydrogen) atoms. The van der Waals surface area contributed by atoms with Crippen molar-refractivity contribution >= 4 is 44.8 Å². The minimum Gasteiger partial charge on any atom is -0.497 e. The molecule has 5 aromatic rings. The van der Waals surface area contributed by atoms with Crippen LogP contribution in [0.4, 0.5) is 0 Å². The van der Waals surface area contributed by atoms with Gasteiger partial charge in [0.2, 0.25) is 0 Å². The number of H-pyrrole nitrogens is 2. The van der Waals surface area contributed by atoms with Gasteiger partial charge in [-0.05, 0) is 42.3 Å². The maximum atomic E-state index is 13.5. The van der Waals surface area contributed by atoms with Crippen molar-refractivity contribution in [1.82, 2.24) is 15.3 Å². The number of aryl methyl sites for hydroxylation is 1. The number of imide groups is 1. The number of methoxy groups -OCH3 is 1. The van der Waals surface area contributed by atoms with Crippen molar-refractivity contribution in [2.45, 2.75) is 19.9 Å². The topological polar surface area (TPSA) is 113 Å². The van der Waals surface area contributed by atoms with Gasteiger partial charge < -0.3 is 20.4 Å². The quantitative estimate of drug-likeness (QED) is 0.261. The lowest BCUT2D eigenvalue weighted by Crippen LogP contribution is -2.23. The maximum absolute atomic E-state index is 13.5. The lowest BCUT2D eigenvalue weighted by atomic mass is 9.91. The first kappa shape index (κ1) is 22.8. The first-order valence-electron chi connectivity index (χ1n) is 12.1. The van der Waals surface area contributed by atoms with Gasteiger partial charge in [0.15, 0.2) is 0 Å². The highest BCUT2D eigenvalue weighted by atomic mass is 16.5. The zero-order chi connectivity index (χ0) is 25.7. The third kappa shape index (κ3) is 3.72. The number of aromatic amines is 2. The molecule has 0 spiro atoms. The fraction of sp³-hybridized carbons (Fsp3) is 0.133. The summed E-state index contributed by atoms with van der Waals surface area (Å²) in [6.45, 7) is 2.37. The predicted octanol–water partition coefficient (Wildman–Crippen LogP) is 4.58. The molecule has 1 aliphatic heterocycles. The number of ether oxygens (including phenoxy) is 1. The minimum atomic E-state index is -0.412. The highest BCUT2D eigenvalue weighted by molar-refractivity contribution is 6.51. The van der Waals surface area contributed by atoms with Crippen LogP contribution in [0, 0.1) is 6.92 Å². The van der Waals surface area contributed by atoms with Crippen LogP contribution in [0.2, 0.25) is 0 Å². The molecule has 7 nitrogen and oxygen atoms in total. The highest BCUT2D eigenvalue weighted by Gasteiger charge is 2.37. The van der Waals surface area contributed by atoms with Crippen molar-refractivity contribution in [3.63, 3.8) is 0 Å². The molecule has 0 saturated carbocycles. The SMILES string of the molecule is COc1ccc2[nH]c(Cc3cccc(CN)c3)c(C3=C(c4c(C)[nH]c5ccccc45)C(=O)NC3=O)c2c1. The van der Waals surface area contributed by atoms with E-state index in [4.69, 9.17) is 10.5 Å². The number of hydrogen-bond acceptors (Lipinski definition) is 4. The van der Waals surface area contributed by atoms with Crippen LogP contribution in [0.1, 0.15) is 33.6 Å². The van der Waals surface area contributed by atoms with Crippen LogP contribution in [0.15, 0.2) is 66.7 Å². The van der Waals surface area contributed by atoms with Gasteiger partial charge in [-0.15, -0.1) is 0 Å². The van der Waals surface area contributed by atoms with E-state index in [1.807, 2.05) is 67.6 Å². The predicted molar refractivity (Wildman–Crippen MR) is 145 cm³/mol. The number of aromatic nitrogens is 2. The molecule has 0 atom stereocenters. The molecular weight excluding hydrogens is 464 g/mol. The zero-order valence-corrected chi connectivity index (χ0v) is 20.6. The van der Waals surface area contributed by atoms with Gasteiger partial charge in [-0.1, -0.05) is 42.5 Å². The van der Waals surface area contributed by atoms with Crippen molar-refractivity contribution < 1.29 is 14.3 Å². The van der Waals surface area contributed by atoms with Crippen LogP contribution in [0.3, 0.4) is 0 Å². The fourth-order valence-electron chi connectivity index (χ4n) is 5.37. The van der Waals surface area contributed by atoms with E-state index in [2.05, 4.69) is 21.4 Å². The molecule has 0 radical (unpaired) electrons. The lowest BCUT2D eigenvalue weighted by Gasteiger charge is -2.09. The van der Waals surface area contributed by atoms with Gasteiger partial charge in [-0.2, -0.15) is 0 Å². The van der Waals surface area contributed by atoms with Crippen LogP contribution in [0.25, 0.3) is 33.0 Å². The average molecular weight is 491 g/mol. The summed E-state index contributed by atoms with van der Waals surface area (Å²) in [5.41, 5.74) is 13.6. The number of carbonyl (C=O) groups excluding carboxylic acids is 2. The first-order valence-corrected chi connectivity index (χ1v) is 12.1. The molecule has 2 aromatic heterocycles. The Morgan fingerprint density at radius 3 is 2.30 bits per heavy atom. The van der Waals surface area contributed by atoms with Gasteiger partial charge in [0.1, 0.15) is 5.75 Å². The smallest absolute Gasteiger partial charge is 0.259 e. The van der Waals surface area contributed by atoms with Gasteiger partial charge >= 0.3 is 0 Å². The third-order valence-corrected chi connectivity index (χ3v) is 7.02. The van der Waals surface area contributed by atoms with E-state index in [1.54, 1.807) is 7.11 Å². The number of carbonyl (C=O) groups is 2. The Bertz CT molecular complexity index is 1760. The summed E-state index contributed by atoms with van der Waals surface area (Å²) in [5, 5.41) is 4.27. The van der Waals surface area contributed by atoms with Crippen molar-refractivity contribution in [3.05, 3.63) is 100 Å². The number of hydrogen-bond donors (Lipinski definition) is 4. The number of benzene rings is 3. The second kappa shape index (κ2) is 8.80. The fourth-order valence-corrected chi connectivity index (χ4v) is 5.37. The normalized spacial score (nSPS) is 13.7. The first-order chi connectivity index (χ1) is 18.0. The largest absolute Gasteiger partial charge is 0.497 e. The van der Waals surface area contributed by atoms with Gasteiger partial charge in [-0.3, -0.25) is 14.9 Å². The Morgan fingerprint density at radius 1 is 0.784 bits per heavy atom. The minimum absolute atomic E-state index is 0.363. The van der Waals surface area contributed by atoms with Gasteiger partial charge in [0.05, 0.1) is 18.3 Å². The van der Waals surface area contributed by atoms with E-state index in [9.17, 15) is 9.59 Å². The van der Waals surface area contributed by atoms with Crippen LogP contribution in [-0.2, 0) is 22.6 Å². The van der Waals surface area contributed by atoms with E-state index in [0.717, 1.165) is 49.9 Å². The van der Waals surface area contributed by atoms with Crippen molar-refractivity contribution in [2.75, 3.05) is 7.11 Å². The molecule has 0 saturated heterocycles. The summed E-state index contributed by atoms with van der Waals surface area (Å²) >= 11 is 0. The number of amides is 2. The molecule has 1 aliphatic rings. The van der Waals surface area contributed by atoms with E-state index in [1.165, 1.54) is 0 Å². The highest BCUT2D eigenvalue weighted by Crippen LogP contribution is 2.41. The number of fused-ring (bicyclic) bond motifs is 2. The Balaban J connectivity index is 1.66. The van der Waals surface area contributed by atoms with Crippen LogP contribution < -0.4 is 15.8 Å². The van der Waals surface area contributed by atoms with Gasteiger partial charge in [0, 0.05) is 57.3 Å². The number of para-hydroxylation sites is 1. The maximum Gasteiger partial charge on any atom is 0.259 e.